The molecule has 2 aromatic rings. The molecule has 2 atom stereocenters. The van der Waals surface area contributed by atoms with E-state index in [-0.39, 0.29) is 5.78 Å². The number of carboxylic acids is 1. The highest BCUT2D eigenvalue weighted by Gasteiger charge is 2.28. The molecule has 2 rings (SSSR count). The fourth-order valence-corrected chi connectivity index (χ4v) is 3.18. The van der Waals surface area contributed by atoms with Gasteiger partial charge in [0.15, 0.2) is 5.78 Å². The highest BCUT2D eigenvalue weighted by Crippen LogP contribution is 2.25. The van der Waals surface area contributed by atoms with Crippen molar-refractivity contribution in [2.24, 2.45) is 5.92 Å². The molecular formula is C21H23NO4S. The molecule has 0 radical (unpaired) electrons. The maximum Gasteiger partial charge on any atom is 0.326 e. The zero-order chi connectivity index (χ0) is 19.8. The number of rotatable bonds is 9. The molecule has 0 spiro atoms. The van der Waals surface area contributed by atoms with Crippen molar-refractivity contribution in [3.8, 4) is 11.1 Å². The van der Waals surface area contributed by atoms with E-state index in [0.717, 1.165) is 11.1 Å². The molecule has 27 heavy (non-hydrogen) atoms. The molecule has 0 saturated carbocycles. The molecule has 0 fully saturated rings. The number of Topliss-reactive ketones (excluding diaryl/α,β-unsaturated/α-hetero) is 1. The summed E-state index contributed by atoms with van der Waals surface area (Å²) in [5.41, 5.74) is 2.08. The van der Waals surface area contributed by atoms with E-state index in [0.29, 0.717) is 17.7 Å². The number of hydrogen-bond donors (Lipinski definition) is 2. The van der Waals surface area contributed by atoms with Crippen molar-refractivity contribution in [2.45, 2.75) is 19.4 Å². The van der Waals surface area contributed by atoms with Crippen LogP contribution in [-0.2, 0) is 9.59 Å². The lowest BCUT2D eigenvalue weighted by Crippen LogP contribution is -2.45. The number of amides is 1. The molecule has 5 nitrogen and oxygen atoms in total. The first-order valence-electron chi connectivity index (χ1n) is 8.66. The van der Waals surface area contributed by atoms with Crippen molar-refractivity contribution < 1.29 is 19.5 Å². The van der Waals surface area contributed by atoms with E-state index in [1.54, 1.807) is 12.1 Å². The Morgan fingerprint density at radius 2 is 1.67 bits per heavy atom. The van der Waals surface area contributed by atoms with Crippen molar-refractivity contribution in [1.82, 2.24) is 5.32 Å². The smallest absolute Gasteiger partial charge is 0.326 e. The number of hydrogen-bond acceptors (Lipinski definition) is 4. The van der Waals surface area contributed by atoms with E-state index in [9.17, 15) is 19.5 Å². The molecule has 0 heterocycles. The minimum Gasteiger partial charge on any atom is -0.480 e. The predicted molar refractivity (Wildman–Crippen MR) is 108 cm³/mol. The lowest BCUT2D eigenvalue weighted by atomic mass is 9.91. The number of nitrogens with one attached hydrogen (secondary N) is 1. The van der Waals surface area contributed by atoms with E-state index in [4.69, 9.17) is 0 Å². The van der Waals surface area contributed by atoms with Crippen LogP contribution in [0.4, 0.5) is 0 Å². The summed E-state index contributed by atoms with van der Waals surface area (Å²) in [6, 6.07) is 15.6. The first kappa shape index (κ1) is 20.7. The summed E-state index contributed by atoms with van der Waals surface area (Å²) in [5.74, 6) is -2.37. The number of carbonyl (C=O) groups is 3. The number of benzene rings is 2. The number of carboxylic acid groups (broad SMARTS) is 1. The first-order chi connectivity index (χ1) is 13.0. The molecule has 2 unspecified atom stereocenters. The molecule has 0 aromatic heterocycles. The third kappa shape index (κ3) is 5.44. The maximum absolute atomic E-state index is 12.9. The quantitative estimate of drug-likeness (QED) is 0.510. The van der Waals surface area contributed by atoms with Crippen LogP contribution in [0.3, 0.4) is 0 Å². The third-order valence-corrected chi connectivity index (χ3v) is 4.93. The maximum atomic E-state index is 12.9. The molecule has 0 aliphatic rings. The summed E-state index contributed by atoms with van der Waals surface area (Å²) in [7, 11) is 0. The van der Waals surface area contributed by atoms with Gasteiger partial charge in [0.2, 0.25) is 5.91 Å². The SMILES string of the molecule is CSCCC(NC(=O)C(C)C(=O)c1ccccc1-c1ccccc1)C(=O)O. The van der Waals surface area contributed by atoms with Gasteiger partial charge in [-0.25, -0.2) is 4.79 Å². The molecule has 1 amide bonds. The van der Waals surface area contributed by atoms with Gasteiger partial charge in [-0.2, -0.15) is 11.8 Å². The van der Waals surface area contributed by atoms with Gasteiger partial charge < -0.3 is 10.4 Å². The normalized spacial score (nSPS) is 12.8. The summed E-state index contributed by atoms with van der Waals surface area (Å²) < 4.78 is 0. The van der Waals surface area contributed by atoms with Gasteiger partial charge in [0.25, 0.3) is 0 Å². The highest BCUT2D eigenvalue weighted by molar-refractivity contribution is 7.98. The van der Waals surface area contributed by atoms with Crippen molar-refractivity contribution in [3.63, 3.8) is 0 Å². The Kier molecular flexibility index (Phi) is 7.61. The Hall–Kier alpha value is -2.60. The Balaban J connectivity index is 2.20. The molecule has 0 aliphatic carbocycles. The number of carbonyl (C=O) groups excluding carboxylic acids is 2. The summed E-state index contributed by atoms with van der Waals surface area (Å²) >= 11 is 1.50. The minimum atomic E-state index is -1.10. The second-order valence-corrected chi connectivity index (χ2v) is 7.16. The van der Waals surface area contributed by atoms with Crippen LogP contribution in [-0.4, -0.2) is 40.8 Å². The largest absolute Gasteiger partial charge is 0.480 e. The van der Waals surface area contributed by atoms with Crippen LogP contribution in [0.2, 0.25) is 0 Å². The van der Waals surface area contributed by atoms with Gasteiger partial charge in [0, 0.05) is 5.56 Å². The summed E-state index contributed by atoms with van der Waals surface area (Å²) in [6.07, 6.45) is 2.18. The summed E-state index contributed by atoms with van der Waals surface area (Å²) in [4.78, 5) is 36.7. The van der Waals surface area contributed by atoms with Crippen molar-refractivity contribution in [1.29, 1.82) is 0 Å². The van der Waals surface area contributed by atoms with Crippen molar-refractivity contribution in [3.05, 3.63) is 60.2 Å². The molecule has 2 N–H and O–H groups in total. The van der Waals surface area contributed by atoms with E-state index in [1.807, 2.05) is 48.7 Å². The van der Waals surface area contributed by atoms with Gasteiger partial charge in [-0.3, -0.25) is 9.59 Å². The topological polar surface area (TPSA) is 83.5 Å². The van der Waals surface area contributed by atoms with E-state index >= 15 is 0 Å². The second kappa shape index (κ2) is 9.92. The molecule has 6 heteroatoms. The Bertz CT molecular complexity index is 807. The zero-order valence-corrected chi connectivity index (χ0v) is 16.2. The van der Waals surface area contributed by atoms with Gasteiger partial charge in [0.1, 0.15) is 6.04 Å². The second-order valence-electron chi connectivity index (χ2n) is 6.18. The van der Waals surface area contributed by atoms with Crippen LogP contribution in [0.25, 0.3) is 11.1 Å². The van der Waals surface area contributed by atoms with Crippen LogP contribution >= 0.6 is 11.8 Å². The van der Waals surface area contributed by atoms with Gasteiger partial charge >= 0.3 is 5.97 Å². The number of thioether (sulfide) groups is 1. The van der Waals surface area contributed by atoms with Gasteiger partial charge in [0.05, 0.1) is 5.92 Å². The van der Waals surface area contributed by atoms with Crippen LogP contribution in [0.15, 0.2) is 54.6 Å². The first-order valence-corrected chi connectivity index (χ1v) is 10.1. The van der Waals surface area contributed by atoms with E-state index < -0.39 is 23.8 Å². The van der Waals surface area contributed by atoms with Crippen LogP contribution < -0.4 is 5.32 Å². The molecular weight excluding hydrogens is 362 g/mol. The van der Waals surface area contributed by atoms with Gasteiger partial charge in [-0.15, -0.1) is 0 Å². The fraction of sp³-hybridized carbons (Fsp3) is 0.286. The Morgan fingerprint density at radius 1 is 1.04 bits per heavy atom. The predicted octanol–water partition coefficient (Wildman–Crippen LogP) is 3.49. The fourth-order valence-electron chi connectivity index (χ4n) is 2.71. The molecule has 0 saturated heterocycles. The lowest BCUT2D eigenvalue weighted by molar-refractivity contribution is -0.142. The van der Waals surface area contributed by atoms with E-state index in [2.05, 4.69) is 5.32 Å². The van der Waals surface area contributed by atoms with Crippen LogP contribution in [0.1, 0.15) is 23.7 Å². The van der Waals surface area contributed by atoms with E-state index in [1.165, 1.54) is 18.7 Å². The van der Waals surface area contributed by atoms with Crippen molar-refractivity contribution in [2.75, 3.05) is 12.0 Å². The van der Waals surface area contributed by atoms with Crippen molar-refractivity contribution >= 4 is 29.4 Å². The Morgan fingerprint density at radius 3 is 2.30 bits per heavy atom. The molecule has 0 bridgehead atoms. The number of ketones is 1. The van der Waals surface area contributed by atoms with Gasteiger partial charge in [-0.1, -0.05) is 54.6 Å². The number of aliphatic carboxylic acids is 1. The molecule has 142 valence electrons. The Labute approximate surface area is 163 Å². The third-order valence-electron chi connectivity index (χ3n) is 4.29. The summed E-state index contributed by atoms with van der Waals surface area (Å²) in [5, 5.41) is 11.8. The summed E-state index contributed by atoms with van der Waals surface area (Å²) in [6.45, 7) is 1.51. The van der Waals surface area contributed by atoms with Crippen LogP contribution in [0.5, 0.6) is 0 Å². The average molecular weight is 385 g/mol. The van der Waals surface area contributed by atoms with Crippen LogP contribution in [0, 0.1) is 5.92 Å². The zero-order valence-electron chi connectivity index (χ0n) is 15.3. The monoisotopic (exact) mass is 385 g/mol. The highest BCUT2D eigenvalue weighted by atomic mass is 32.2. The minimum absolute atomic E-state index is 0.309. The molecule has 2 aromatic carbocycles. The standard InChI is InChI=1S/C21H23NO4S/c1-14(20(24)22-18(21(25)26)12-13-27-2)19(23)17-11-7-6-10-16(17)15-8-4-3-5-9-15/h3-11,14,18H,12-13H2,1-2H3,(H,22,24)(H,25,26). The van der Waals surface area contributed by atoms with Gasteiger partial charge in [-0.05, 0) is 36.5 Å². The average Bonchev–Trinajstić information content (AvgIpc) is 2.70. The molecule has 0 aliphatic heterocycles. The lowest BCUT2D eigenvalue weighted by Gasteiger charge is -2.18.